The lowest BCUT2D eigenvalue weighted by Crippen LogP contribution is -2.18. The van der Waals surface area contributed by atoms with E-state index >= 15 is 0 Å². The quantitative estimate of drug-likeness (QED) is 0.391. The topological polar surface area (TPSA) is 91.6 Å². The molecule has 0 aliphatic heterocycles. The molecule has 3 heterocycles. The molecule has 0 amide bonds. The Morgan fingerprint density at radius 1 is 0.941 bits per heavy atom. The zero-order valence-corrected chi connectivity index (χ0v) is 20.1. The molecule has 5 aromatic rings. The maximum atomic E-state index is 12.4. The molecule has 0 aliphatic rings. The smallest absolute Gasteiger partial charge is 0.252 e. The van der Waals surface area contributed by atoms with E-state index in [1.807, 2.05) is 55.6 Å². The maximum absolute atomic E-state index is 12.4. The first-order valence-corrected chi connectivity index (χ1v) is 11.2. The maximum Gasteiger partial charge on any atom is 0.252 e. The third kappa shape index (κ3) is 5.17. The first-order valence-electron chi connectivity index (χ1n) is 10.4. The number of fused-ring (bicyclic) bond motifs is 1. The van der Waals surface area contributed by atoms with Crippen molar-refractivity contribution in [2.24, 2.45) is 19.8 Å². The number of hydrogen-bond acceptors (Lipinski definition) is 5. The lowest BCUT2D eigenvalue weighted by Gasteiger charge is -2.16. The van der Waals surface area contributed by atoms with E-state index in [2.05, 4.69) is 15.3 Å². The molecule has 0 aliphatic carbocycles. The van der Waals surface area contributed by atoms with Crippen LogP contribution in [0, 0.1) is 0 Å². The number of halogens is 2. The Kier molecular flexibility index (Phi) is 7.07. The highest BCUT2D eigenvalue weighted by Crippen LogP contribution is 2.30. The molecular weight excluding hydrogens is 471 g/mol. The Bertz CT molecular complexity index is 1480. The molecule has 5 rings (SSSR count). The SMILES string of the molecule is Cn1c(=O)cc(-c2cccc(Cl)c2)c2cc(C(N)c3ccc(Cl)cc3)cnc21.Cn1ccnn1. The Morgan fingerprint density at radius 3 is 2.32 bits per heavy atom. The van der Waals surface area contributed by atoms with Crippen LogP contribution in [-0.2, 0) is 14.1 Å². The van der Waals surface area contributed by atoms with Crippen LogP contribution in [-0.4, -0.2) is 24.5 Å². The molecule has 34 heavy (non-hydrogen) atoms. The summed E-state index contributed by atoms with van der Waals surface area (Å²) in [7, 11) is 3.53. The third-order valence-electron chi connectivity index (χ3n) is 5.36. The summed E-state index contributed by atoms with van der Waals surface area (Å²) >= 11 is 12.1. The molecule has 0 radical (unpaired) electrons. The van der Waals surface area contributed by atoms with Crippen molar-refractivity contribution in [3.8, 4) is 11.1 Å². The van der Waals surface area contributed by atoms with E-state index < -0.39 is 0 Å². The number of aromatic nitrogens is 5. The van der Waals surface area contributed by atoms with Gasteiger partial charge < -0.3 is 5.73 Å². The molecule has 2 aromatic carbocycles. The minimum atomic E-state index is -0.362. The van der Waals surface area contributed by atoms with Crippen molar-refractivity contribution in [2.75, 3.05) is 0 Å². The summed E-state index contributed by atoms with van der Waals surface area (Å²) in [6.45, 7) is 0. The Hall–Kier alpha value is -3.52. The van der Waals surface area contributed by atoms with Gasteiger partial charge in [-0.2, -0.15) is 0 Å². The van der Waals surface area contributed by atoms with Crippen LogP contribution in [0.5, 0.6) is 0 Å². The molecule has 0 saturated carbocycles. The number of pyridine rings is 2. The van der Waals surface area contributed by atoms with E-state index in [1.165, 1.54) is 4.57 Å². The lowest BCUT2D eigenvalue weighted by atomic mass is 9.97. The number of nitrogens with zero attached hydrogens (tertiary/aromatic N) is 5. The molecule has 0 spiro atoms. The molecule has 3 aromatic heterocycles. The average molecular weight is 493 g/mol. The fourth-order valence-corrected chi connectivity index (χ4v) is 3.85. The van der Waals surface area contributed by atoms with E-state index in [4.69, 9.17) is 28.9 Å². The molecular formula is C25H22Cl2N6O. The molecule has 172 valence electrons. The first-order chi connectivity index (χ1) is 16.3. The van der Waals surface area contributed by atoms with Crippen molar-refractivity contribution in [1.29, 1.82) is 0 Å². The second kappa shape index (κ2) is 10.2. The minimum absolute atomic E-state index is 0.135. The second-order valence-corrected chi connectivity index (χ2v) is 8.58. The van der Waals surface area contributed by atoms with Crippen molar-refractivity contribution >= 4 is 34.2 Å². The molecule has 1 unspecified atom stereocenters. The van der Waals surface area contributed by atoms with Crippen molar-refractivity contribution in [3.05, 3.63) is 111 Å². The van der Waals surface area contributed by atoms with Crippen LogP contribution in [0.4, 0.5) is 0 Å². The van der Waals surface area contributed by atoms with Crippen molar-refractivity contribution in [3.63, 3.8) is 0 Å². The van der Waals surface area contributed by atoms with Gasteiger partial charge in [0.25, 0.3) is 5.56 Å². The predicted octanol–water partition coefficient (Wildman–Crippen LogP) is 4.77. The Labute approximate surface area is 206 Å². The van der Waals surface area contributed by atoms with Crippen LogP contribution < -0.4 is 11.3 Å². The van der Waals surface area contributed by atoms with Crippen LogP contribution >= 0.6 is 23.2 Å². The number of rotatable bonds is 3. The van der Waals surface area contributed by atoms with Crippen molar-refractivity contribution in [1.82, 2.24) is 24.5 Å². The van der Waals surface area contributed by atoms with Gasteiger partial charge in [-0.3, -0.25) is 14.0 Å². The molecule has 2 N–H and O–H groups in total. The average Bonchev–Trinajstić information content (AvgIpc) is 3.32. The summed E-state index contributed by atoms with van der Waals surface area (Å²) in [5.74, 6) is 0. The first kappa shape index (κ1) is 23.6. The van der Waals surface area contributed by atoms with Gasteiger partial charge in [0.15, 0.2) is 0 Å². The number of nitrogens with two attached hydrogens (primary N) is 1. The zero-order chi connectivity index (χ0) is 24.2. The van der Waals surface area contributed by atoms with Gasteiger partial charge in [-0.1, -0.05) is 52.7 Å². The van der Waals surface area contributed by atoms with Crippen LogP contribution in [0.15, 0.2) is 84.0 Å². The molecule has 0 bridgehead atoms. The zero-order valence-electron chi connectivity index (χ0n) is 18.6. The predicted molar refractivity (Wildman–Crippen MR) is 136 cm³/mol. The fourth-order valence-electron chi connectivity index (χ4n) is 3.54. The highest BCUT2D eigenvalue weighted by atomic mass is 35.5. The summed E-state index contributed by atoms with van der Waals surface area (Å²) in [5.41, 5.74) is 10.3. The van der Waals surface area contributed by atoms with Gasteiger partial charge in [0.1, 0.15) is 5.65 Å². The van der Waals surface area contributed by atoms with Crippen LogP contribution in [0.25, 0.3) is 22.2 Å². The molecule has 9 heteroatoms. The summed E-state index contributed by atoms with van der Waals surface area (Å²) < 4.78 is 3.17. The van der Waals surface area contributed by atoms with Crippen molar-refractivity contribution < 1.29 is 0 Å². The van der Waals surface area contributed by atoms with Gasteiger partial charge in [0.05, 0.1) is 12.2 Å². The van der Waals surface area contributed by atoms with Crippen LogP contribution in [0.3, 0.4) is 0 Å². The molecule has 7 nitrogen and oxygen atoms in total. The third-order valence-corrected chi connectivity index (χ3v) is 5.85. The van der Waals surface area contributed by atoms with Crippen LogP contribution in [0.1, 0.15) is 17.2 Å². The highest BCUT2D eigenvalue weighted by molar-refractivity contribution is 6.31. The Morgan fingerprint density at radius 2 is 1.71 bits per heavy atom. The number of hydrogen-bond donors (Lipinski definition) is 1. The van der Waals surface area contributed by atoms with Gasteiger partial charge in [0.2, 0.25) is 0 Å². The van der Waals surface area contributed by atoms with E-state index in [1.54, 1.807) is 42.5 Å². The van der Waals surface area contributed by atoms with E-state index in [0.717, 1.165) is 27.6 Å². The lowest BCUT2D eigenvalue weighted by molar-refractivity contribution is 0.715. The van der Waals surface area contributed by atoms with E-state index in [9.17, 15) is 4.79 Å². The summed E-state index contributed by atoms with van der Waals surface area (Å²) in [6.07, 6.45) is 5.13. The summed E-state index contributed by atoms with van der Waals surface area (Å²) in [5, 5.41) is 9.22. The fraction of sp³-hybridized carbons (Fsp3) is 0.120. The normalized spacial score (nSPS) is 11.7. The monoisotopic (exact) mass is 492 g/mol. The molecule has 1 atom stereocenters. The standard InChI is InChI=1S/C22H17Cl2N3O.C3H5N3/c1-27-20(28)11-18(14-3-2-4-17(24)9-14)19-10-15(12-26-22(19)27)21(25)13-5-7-16(23)8-6-13;1-6-3-2-4-5-6/h2-12,21H,25H2,1H3;2-3H,1H3. The second-order valence-electron chi connectivity index (χ2n) is 7.71. The van der Waals surface area contributed by atoms with E-state index in [0.29, 0.717) is 15.7 Å². The van der Waals surface area contributed by atoms with Crippen LogP contribution in [0.2, 0.25) is 10.0 Å². The summed E-state index contributed by atoms with van der Waals surface area (Å²) in [6, 6.07) is 18.1. The van der Waals surface area contributed by atoms with Gasteiger partial charge in [0, 0.05) is 48.0 Å². The van der Waals surface area contributed by atoms with Gasteiger partial charge >= 0.3 is 0 Å². The molecule has 0 saturated heterocycles. The number of benzene rings is 2. The Balaban J connectivity index is 0.000000398. The van der Waals surface area contributed by atoms with Gasteiger partial charge in [-0.05, 0) is 52.6 Å². The van der Waals surface area contributed by atoms with E-state index in [-0.39, 0.29) is 11.6 Å². The largest absolute Gasteiger partial charge is 0.320 e. The van der Waals surface area contributed by atoms with Gasteiger partial charge in [-0.25, -0.2) is 4.98 Å². The molecule has 0 fully saturated rings. The minimum Gasteiger partial charge on any atom is -0.320 e. The van der Waals surface area contributed by atoms with Gasteiger partial charge in [-0.15, -0.1) is 5.10 Å². The highest BCUT2D eigenvalue weighted by Gasteiger charge is 2.15. The number of aryl methyl sites for hydroxylation is 2. The summed E-state index contributed by atoms with van der Waals surface area (Å²) in [4.78, 5) is 17.0. The van der Waals surface area contributed by atoms with Crippen molar-refractivity contribution in [2.45, 2.75) is 6.04 Å².